The number of nitrogens with zero attached hydrogens (tertiary/aromatic N) is 4. The van der Waals surface area contributed by atoms with Crippen LogP contribution < -0.4 is 0 Å². The third-order valence-corrected chi connectivity index (χ3v) is 5.14. The molecular formula is C17H22N4. The molecule has 1 fully saturated rings. The quantitative estimate of drug-likeness (QED) is 0.805. The van der Waals surface area contributed by atoms with Crippen LogP contribution in [0.2, 0.25) is 0 Å². The number of piperidine rings is 1. The molecule has 1 aromatic heterocycles. The SMILES string of the molecule is CN1CCC(C2c3ccccc3CCn3ncnc32)CC1. The molecule has 1 atom stereocenters. The monoisotopic (exact) mass is 282 g/mol. The van der Waals surface area contributed by atoms with E-state index in [4.69, 9.17) is 0 Å². The second kappa shape index (κ2) is 5.26. The lowest BCUT2D eigenvalue weighted by molar-refractivity contribution is 0.204. The molecule has 2 aliphatic heterocycles. The van der Waals surface area contributed by atoms with Crippen LogP contribution in [0.15, 0.2) is 30.6 Å². The van der Waals surface area contributed by atoms with Gasteiger partial charge >= 0.3 is 0 Å². The van der Waals surface area contributed by atoms with Crippen molar-refractivity contribution in [2.75, 3.05) is 20.1 Å². The number of aromatic nitrogens is 3. The maximum absolute atomic E-state index is 4.63. The second-order valence-electron chi connectivity index (χ2n) is 6.41. The van der Waals surface area contributed by atoms with Crippen molar-refractivity contribution in [3.63, 3.8) is 0 Å². The summed E-state index contributed by atoms with van der Waals surface area (Å²) in [7, 11) is 2.22. The van der Waals surface area contributed by atoms with Crippen LogP contribution >= 0.6 is 0 Å². The topological polar surface area (TPSA) is 34.0 Å². The lowest BCUT2D eigenvalue weighted by atomic mass is 9.78. The maximum atomic E-state index is 4.63. The molecule has 2 aromatic rings. The zero-order chi connectivity index (χ0) is 14.2. The molecule has 0 bridgehead atoms. The zero-order valence-corrected chi connectivity index (χ0v) is 12.6. The summed E-state index contributed by atoms with van der Waals surface area (Å²) in [6.07, 6.45) is 5.30. The number of hydrogen-bond donors (Lipinski definition) is 0. The molecule has 0 saturated carbocycles. The first-order valence-electron chi connectivity index (χ1n) is 7.97. The first-order valence-corrected chi connectivity index (χ1v) is 7.97. The van der Waals surface area contributed by atoms with Crippen molar-refractivity contribution in [2.45, 2.75) is 31.7 Å². The molecule has 1 saturated heterocycles. The third kappa shape index (κ3) is 2.27. The molecule has 2 aliphatic rings. The summed E-state index contributed by atoms with van der Waals surface area (Å²) in [5.74, 6) is 2.28. The lowest BCUT2D eigenvalue weighted by Crippen LogP contribution is -2.33. The summed E-state index contributed by atoms with van der Waals surface area (Å²) in [5.41, 5.74) is 2.97. The predicted octanol–water partition coefficient (Wildman–Crippen LogP) is 2.31. The van der Waals surface area contributed by atoms with Crippen LogP contribution in [0.1, 0.15) is 35.7 Å². The maximum Gasteiger partial charge on any atom is 0.138 e. The molecular weight excluding hydrogens is 260 g/mol. The Morgan fingerprint density at radius 2 is 1.90 bits per heavy atom. The fourth-order valence-corrected chi connectivity index (χ4v) is 3.94. The summed E-state index contributed by atoms with van der Waals surface area (Å²) >= 11 is 0. The van der Waals surface area contributed by atoms with Crippen LogP contribution in [-0.4, -0.2) is 39.8 Å². The summed E-state index contributed by atoms with van der Waals surface area (Å²) in [5, 5.41) is 4.45. The van der Waals surface area contributed by atoms with E-state index in [9.17, 15) is 0 Å². The van der Waals surface area contributed by atoms with E-state index in [-0.39, 0.29) is 0 Å². The molecule has 4 heteroatoms. The fraction of sp³-hybridized carbons (Fsp3) is 0.529. The molecule has 0 amide bonds. The van der Waals surface area contributed by atoms with Crippen LogP contribution in [0.3, 0.4) is 0 Å². The summed E-state index contributed by atoms with van der Waals surface area (Å²) in [4.78, 5) is 7.06. The van der Waals surface area contributed by atoms with Gasteiger partial charge < -0.3 is 4.90 Å². The van der Waals surface area contributed by atoms with E-state index >= 15 is 0 Å². The Labute approximate surface area is 125 Å². The molecule has 0 radical (unpaired) electrons. The minimum Gasteiger partial charge on any atom is -0.306 e. The summed E-state index contributed by atoms with van der Waals surface area (Å²) < 4.78 is 2.13. The lowest BCUT2D eigenvalue weighted by Gasteiger charge is -2.34. The van der Waals surface area contributed by atoms with E-state index in [0.29, 0.717) is 11.8 Å². The smallest absolute Gasteiger partial charge is 0.138 e. The van der Waals surface area contributed by atoms with Crippen molar-refractivity contribution in [3.05, 3.63) is 47.5 Å². The Morgan fingerprint density at radius 3 is 2.76 bits per heavy atom. The van der Waals surface area contributed by atoms with E-state index in [1.165, 1.54) is 42.9 Å². The van der Waals surface area contributed by atoms with Gasteiger partial charge in [-0.3, -0.25) is 0 Å². The molecule has 1 unspecified atom stereocenters. The van der Waals surface area contributed by atoms with Crippen molar-refractivity contribution in [1.82, 2.24) is 19.7 Å². The number of likely N-dealkylation sites (tertiary alicyclic amines) is 1. The van der Waals surface area contributed by atoms with Crippen molar-refractivity contribution < 1.29 is 0 Å². The van der Waals surface area contributed by atoms with Gasteiger partial charge in [-0.1, -0.05) is 24.3 Å². The Morgan fingerprint density at radius 1 is 1.10 bits per heavy atom. The number of rotatable bonds is 1. The molecule has 0 aliphatic carbocycles. The van der Waals surface area contributed by atoms with Gasteiger partial charge in [-0.2, -0.15) is 5.10 Å². The first kappa shape index (κ1) is 13.0. The second-order valence-corrected chi connectivity index (χ2v) is 6.41. The number of hydrogen-bond acceptors (Lipinski definition) is 3. The van der Waals surface area contributed by atoms with Crippen molar-refractivity contribution >= 4 is 0 Å². The van der Waals surface area contributed by atoms with Crippen LogP contribution in [0.4, 0.5) is 0 Å². The number of fused-ring (bicyclic) bond motifs is 2. The normalized spacial score (nSPS) is 23.4. The van der Waals surface area contributed by atoms with Gasteiger partial charge in [-0.15, -0.1) is 0 Å². The molecule has 0 spiro atoms. The zero-order valence-electron chi connectivity index (χ0n) is 12.6. The van der Waals surface area contributed by atoms with Gasteiger partial charge in [0.1, 0.15) is 12.2 Å². The van der Waals surface area contributed by atoms with Gasteiger partial charge in [-0.25, -0.2) is 9.67 Å². The number of benzene rings is 1. The van der Waals surface area contributed by atoms with Crippen molar-refractivity contribution in [3.8, 4) is 0 Å². The Bertz CT molecular complexity index is 625. The van der Waals surface area contributed by atoms with E-state index in [1.807, 2.05) is 0 Å². The Kier molecular flexibility index (Phi) is 3.26. The van der Waals surface area contributed by atoms with E-state index in [0.717, 1.165) is 13.0 Å². The standard InChI is InChI=1S/C17H22N4/c1-20-9-6-14(7-10-20)16-15-5-3-2-4-13(15)8-11-21-17(16)18-12-19-21/h2-5,12,14,16H,6-11H2,1H3. The minimum atomic E-state index is 0.417. The highest BCUT2D eigenvalue weighted by atomic mass is 15.3. The van der Waals surface area contributed by atoms with Crippen molar-refractivity contribution in [1.29, 1.82) is 0 Å². The summed E-state index contributed by atoms with van der Waals surface area (Å²) in [6.45, 7) is 3.34. The van der Waals surface area contributed by atoms with Gasteiger partial charge in [0.25, 0.3) is 0 Å². The van der Waals surface area contributed by atoms with Gasteiger partial charge in [0.2, 0.25) is 0 Å². The molecule has 0 N–H and O–H groups in total. The van der Waals surface area contributed by atoms with Gasteiger partial charge in [0.05, 0.1) is 0 Å². The average molecular weight is 282 g/mol. The molecule has 3 heterocycles. The van der Waals surface area contributed by atoms with Crippen LogP contribution in [0.25, 0.3) is 0 Å². The fourth-order valence-electron chi connectivity index (χ4n) is 3.94. The Hall–Kier alpha value is -1.68. The molecule has 110 valence electrons. The third-order valence-electron chi connectivity index (χ3n) is 5.14. The highest BCUT2D eigenvalue weighted by Crippen LogP contribution is 2.39. The molecule has 21 heavy (non-hydrogen) atoms. The van der Waals surface area contributed by atoms with E-state index < -0.39 is 0 Å². The molecule has 1 aromatic carbocycles. The predicted molar refractivity (Wildman–Crippen MR) is 82.2 cm³/mol. The van der Waals surface area contributed by atoms with E-state index in [2.05, 4.69) is 51.0 Å². The average Bonchev–Trinajstić information content (AvgIpc) is 2.91. The highest BCUT2D eigenvalue weighted by Gasteiger charge is 2.33. The van der Waals surface area contributed by atoms with Crippen LogP contribution in [-0.2, 0) is 13.0 Å². The minimum absolute atomic E-state index is 0.417. The van der Waals surface area contributed by atoms with Crippen LogP contribution in [0, 0.1) is 5.92 Å². The largest absolute Gasteiger partial charge is 0.306 e. The van der Waals surface area contributed by atoms with Gasteiger partial charge in [0.15, 0.2) is 0 Å². The van der Waals surface area contributed by atoms with Crippen LogP contribution in [0.5, 0.6) is 0 Å². The molecule has 4 nitrogen and oxygen atoms in total. The molecule has 4 rings (SSSR count). The summed E-state index contributed by atoms with van der Waals surface area (Å²) in [6, 6.07) is 8.92. The van der Waals surface area contributed by atoms with Crippen molar-refractivity contribution in [2.24, 2.45) is 5.92 Å². The number of aryl methyl sites for hydroxylation is 2. The first-order chi connectivity index (χ1) is 10.3. The van der Waals surface area contributed by atoms with Gasteiger partial charge in [-0.05, 0) is 56.4 Å². The van der Waals surface area contributed by atoms with E-state index in [1.54, 1.807) is 6.33 Å². The highest BCUT2D eigenvalue weighted by molar-refractivity contribution is 5.36. The Balaban J connectivity index is 1.78. The van der Waals surface area contributed by atoms with Gasteiger partial charge in [0, 0.05) is 12.5 Å².